The Bertz CT molecular complexity index is 586. The fourth-order valence-corrected chi connectivity index (χ4v) is 4.28. The van der Waals surface area contributed by atoms with E-state index in [2.05, 4.69) is 42.7 Å². The Morgan fingerprint density at radius 2 is 1.95 bits per heavy atom. The molecule has 0 saturated carbocycles. The summed E-state index contributed by atoms with van der Waals surface area (Å²) in [6.45, 7) is 6.34. The molecule has 5 heteroatoms. The predicted octanol–water partition coefficient (Wildman–Crippen LogP) is 1.58. The van der Waals surface area contributed by atoms with E-state index in [0.717, 1.165) is 24.8 Å². The molecular formula is C16H24N4O. The molecule has 4 rings (SSSR count). The highest BCUT2D eigenvalue weighted by Gasteiger charge is 2.47. The fraction of sp³-hybridized carbons (Fsp3) is 0.750. The molecule has 2 fully saturated rings. The molecule has 1 spiro atoms. The highest BCUT2D eigenvalue weighted by atomic mass is 16.2. The van der Waals surface area contributed by atoms with E-state index in [1.807, 2.05) is 4.68 Å². The minimum Gasteiger partial charge on any atom is -0.345 e. The van der Waals surface area contributed by atoms with E-state index in [1.54, 1.807) is 0 Å². The summed E-state index contributed by atoms with van der Waals surface area (Å²) in [6.07, 6.45) is 7.61. The Balaban J connectivity index is 1.69. The summed E-state index contributed by atoms with van der Waals surface area (Å²) in [7, 11) is 0. The molecule has 4 heterocycles. The molecule has 2 saturated heterocycles. The molecule has 5 nitrogen and oxygen atoms in total. The summed E-state index contributed by atoms with van der Waals surface area (Å²) in [4.78, 5) is 12.5. The first-order chi connectivity index (χ1) is 9.85. The first-order valence-corrected chi connectivity index (χ1v) is 8.02. The van der Waals surface area contributed by atoms with Gasteiger partial charge >= 0.3 is 0 Å². The maximum Gasteiger partial charge on any atom is 0.272 e. The number of nitrogens with one attached hydrogen (secondary N) is 2. The van der Waals surface area contributed by atoms with Gasteiger partial charge in [0.25, 0.3) is 5.91 Å². The van der Waals surface area contributed by atoms with Crippen LogP contribution in [0.15, 0.2) is 6.20 Å². The Hall–Kier alpha value is -1.36. The fourth-order valence-electron chi connectivity index (χ4n) is 4.28. The van der Waals surface area contributed by atoms with Gasteiger partial charge in [-0.25, -0.2) is 0 Å². The van der Waals surface area contributed by atoms with Crippen LogP contribution in [0.3, 0.4) is 0 Å². The van der Waals surface area contributed by atoms with Gasteiger partial charge in [-0.05, 0) is 52.9 Å². The van der Waals surface area contributed by atoms with Crippen LogP contribution in [-0.4, -0.2) is 33.3 Å². The minimum absolute atomic E-state index is 0.0144. The normalized spacial score (nSPS) is 34.9. The van der Waals surface area contributed by atoms with Crippen molar-refractivity contribution in [3.8, 4) is 0 Å². The summed E-state index contributed by atoms with van der Waals surface area (Å²) < 4.78 is 1.94. The van der Waals surface area contributed by atoms with Gasteiger partial charge in [0.1, 0.15) is 0 Å². The van der Waals surface area contributed by atoms with Gasteiger partial charge in [0.15, 0.2) is 5.69 Å². The lowest BCUT2D eigenvalue weighted by Gasteiger charge is -2.43. The van der Waals surface area contributed by atoms with Gasteiger partial charge in [-0.2, -0.15) is 5.10 Å². The molecule has 1 amide bonds. The highest BCUT2D eigenvalue weighted by Crippen LogP contribution is 2.39. The second kappa shape index (κ2) is 4.09. The number of carbonyl (C=O) groups is 1. The number of hydrogen-bond donors (Lipinski definition) is 2. The molecule has 0 aliphatic carbocycles. The average Bonchev–Trinajstić information content (AvgIpc) is 2.92. The van der Waals surface area contributed by atoms with Crippen LogP contribution in [-0.2, 0) is 12.0 Å². The van der Waals surface area contributed by atoms with Gasteiger partial charge in [-0.1, -0.05) is 0 Å². The van der Waals surface area contributed by atoms with Gasteiger partial charge in [0.2, 0.25) is 0 Å². The molecule has 0 radical (unpaired) electrons. The molecular weight excluding hydrogens is 264 g/mol. The van der Waals surface area contributed by atoms with Crippen LogP contribution in [0.25, 0.3) is 0 Å². The van der Waals surface area contributed by atoms with E-state index in [9.17, 15) is 4.79 Å². The third-order valence-corrected chi connectivity index (χ3v) is 5.21. The predicted molar refractivity (Wildman–Crippen MR) is 80.3 cm³/mol. The average molecular weight is 288 g/mol. The highest BCUT2D eigenvalue weighted by molar-refractivity contribution is 5.95. The van der Waals surface area contributed by atoms with Gasteiger partial charge in [0, 0.05) is 29.4 Å². The smallest absolute Gasteiger partial charge is 0.272 e. The quantitative estimate of drug-likeness (QED) is 0.762. The summed E-state index contributed by atoms with van der Waals surface area (Å²) in [5.74, 6) is 0.0144. The third-order valence-electron chi connectivity index (χ3n) is 5.21. The Morgan fingerprint density at radius 1 is 1.29 bits per heavy atom. The van der Waals surface area contributed by atoms with Crippen molar-refractivity contribution in [3.05, 3.63) is 17.5 Å². The summed E-state index contributed by atoms with van der Waals surface area (Å²) in [5, 5.41) is 11.5. The van der Waals surface area contributed by atoms with Gasteiger partial charge in [-0.3, -0.25) is 9.48 Å². The lowest BCUT2D eigenvalue weighted by Crippen LogP contribution is -2.61. The zero-order valence-corrected chi connectivity index (χ0v) is 13.1. The minimum atomic E-state index is -0.0854. The van der Waals surface area contributed by atoms with Crippen molar-refractivity contribution in [3.63, 3.8) is 0 Å². The van der Waals surface area contributed by atoms with Crippen molar-refractivity contribution in [1.82, 2.24) is 20.4 Å². The topological polar surface area (TPSA) is 59.0 Å². The van der Waals surface area contributed by atoms with Gasteiger partial charge < -0.3 is 10.6 Å². The van der Waals surface area contributed by atoms with Crippen LogP contribution in [0.4, 0.5) is 0 Å². The van der Waals surface area contributed by atoms with Gasteiger partial charge in [-0.15, -0.1) is 0 Å². The van der Waals surface area contributed by atoms with Crippen molar-refractivity contribution >= 4 is 5.91 Å². The zero-order chi connectivity index (χ0) is 14.8. The van der Waals surface area contributed by atoms with Crippen LogP contribution >= 0.6 is 0 Å². The van der Waals surface area contributed by atoms with E-state index < -0.39 is 0 Å². The Morgan fingerprint density at radius 3 is 2.57 bits per heavy atom. The summed E-state index contributed by atoms with van der Waals surface area (Å²) in [5.41, 5.74) is 1.61. The molecule has 21 heavy (non-hydrogen) atoms. The maximum atomic E-state index is 12.5. The molecule has 1 aromatic rings. The second-order valence-electron chi connectivity index (χ2n) is 8.08. The number of hydrogen-bond acceptors (Lipinski definition) is 3. The zero-order valence-electron chi connectivity index (χ0n) is 13.1. The monoisotopic (exact) mass is 288 g/mol. The molecule has 1 unspecified atom stereocenters. The molecule has 114 valence electrons. The standard InChI is InChI=1S/C16H24N4O/c1-15(2,3)20-9-10-6-16(18-14(21)13(10)19-20)7-11-4-5-12(8-16)17-11/h9,11-12,17H,4-8H2,1-3H3,(H,18,21)/t11-,12+,16?. The molecule has 3 aliphatic rings. The largest absolute Gasteiger partial charge is 0.345 e. The first-order valence-electron chi connectivity index (χ1n) is 8.02. The van der Waals surface area contributed by atoms with Crippen LogP contribution in [0, 0.1) is 0 Å². The van der Waals surface area contributed by atoms with Crippen LogP contribution in [0.1, 0.15) is 62.5 Å². The molecule has 3 atom stereocenters. The summed E-state index contributed by atoms with van der Waals surface area (Å²) >= 11 is 0. The number of amides is 1. The number of carbonyl (C=O) groups excluding carboxylic acids is 1. The second-order valence-corrected chi connectivity index (χ2v) is 8.08. The molecule has 3 aliphatic heterocycles. The van der Waals surface area contributed by atoms with E-state index in [1.165, 1.54) is 12.8 Å². The number of nitrogens with zero attached hydrogens (tertiary/aromatic N) is 2. The van der Waals surface area contributed by atoms with E-state index in [4.69, 9.17) is 0 Å². The van der Waals surface area contributed by atoms with Crippen molar-refractivity contribution in [1.29, 1.82) is 0 Å². The van der Waals surface area contributed by atoms with Gasteiger partial charge in [0.05, 0.1) is 5.54 Å². The molecule has 0 aromatic carbocycles. The van der Waals surface area contributed by atoms with Crippen molar-refractivity contribution < 1.29 is 4.79 Å². The number of piperidine rings is 1. The Labute approximate surface area is 125 Å². The molecule has 2 N–H and O–H groups in total. The van der Waals surface area contributed by atoms with Crippen LogP contribution in [0.5, 0.6) is 0 Å². The molecule has 2 bridgehead atoms. The lowest BCUT2D eigenvalue weighted by atomic mass is 9.77. The third kappa shape index (κ3) is 2.09. The molecule has 1 aromatic heterocycles. The van der Waals surface area contributed by atoms with Crippen molar-refractivity contribution in [2.75, 3.05) is 0 Å². The first kappa shape index (κ1) is 13.3. The number of fused-ring (bicyclic) bond motifs is 3. The van der Waals surface area contributed by atoms with E-state index >= 15 is 0 Å². The van der Waals surface area contributed by atoms with Crippen molar-refractivity contribution in [2.24, 2.45) is 0 Å². The Kier molecular flexibility index (Phi) is 2.60. The van der Waals surface area contributed by atoms with Crippen LogP contribution < -0.4 is 10.6 Å². The maximum absolute atomic E-state index is 12.5. The van der Waals surface area contributed by atoms with Crippen molar-refractivity contribution in [2.45, 2.75) is 76.0 Å². The SMILES string of the molecule is CC(C)(C)n1cc2c(n1)C(=O)NC1(C2)C[C@H]2CC[C@@H](C1)N2. The lowest BCUT2D eigenvalue weighted by molar-refractivity contribution is 0.0822. The number of aromatic nitrogens is 2. The van der Waals surface area contributed by atoms with E-state index in [0.29, 0.717) is 17.8 Å². The summed E-state index contributed by atoms with van der Waals surface area (Å²) in [6, 6.07) is 1.14. The van der Waals surface area contributed by atoms with Crippen LogP contribution in [0.2, 0.25) is 0 Å². The number of rotatable bonds is 0. The van der Waals surface area contributed by atoms with E-state index in [-0.39, 0.29) is 17.0 Å².